The fourth-order valence-corrected chi connectivity index (χ4v) is 5.70. The first-order chi connectivity index (χ1) is 15.8. The molecule has 2 fully saturated rings. The zero-order valence-electron chi connectivity index (χ0n) is 18.1. The van der Waals surface area contributed by atoms with Crippen LogP contribution in [0.3, 0.4) is 0 Å². The topological polar surface area (TPSA) is 117 Å². The lowest BCUT2D eigenvalue weighted by atomic mass is 9.76. The Morgan fingerprint density at radius 3 is 2.70 bits per heavy atom. The zero-order valence-corrected chi connectivity index (χ0v) is 18.1. The van der Waals surface area contributed by atoms with Crippen LogP contribution >= 0.6 is 0 Å². The van der Waals surface area contributed by atoms with Gasteiger partial charge in [-0.25, -0.2) is 0 Å². The summed E-state index contributed by atoms with van der Waals surface area (Å²) in [5.74, 6) is -1.85. The fourth-order valence-electron chi connectivity index (χ4n) is 5.70. The average molecular weight is 449 g/mol. The van der Waals surface area contributed by atoms with Crippen molar-refractivity contribution in [1.29, 1.82) is 0 Å². The fraction of sp³-hybridized carbons (Fsp3) is 0.375. The highest BCUT2D eigenvalue weighted by molar-refractivity contribution is 6.15. The number of carbonyl (C=O) groups excluding carboxylic acids is 3. The summed E-state index contributed by atoms with van der Waals surface area (Å²) in [7, 11) is 0. The van der Waals surface area contributed by atoms with Gasteiger partial charge in [0.25, 0.3) is 0 Å². The maximum Gasteiger partial charge on any atom is 0.250 e. The van der Waals surface area contributed by atoms with Crippen molar-refractivity contribution in [2.45, 2.75) is 38.1 Å². The van der Waals surface area contributed by atoms with Gasteiger partial charge in [-0.2, -0.15) is 0 Å². The van der Waals surface area contributed by atoms with Crippen LogP contribution in [0, 0.1) is 18.8 Å². The molecule has 9 nitrogen and oxygen atoms in total. The van der Waals surface area contributed by atoms with Crippen LogP contribution in [0.15, 0.2) is 36.4 Å². The maximum absolute atomic E-state index is 13.8. The molecule has 0 bridgehead atoms. The molecule has 0 aromatic heterocycles. The first-order valence-electron chi connectivity index (χ1n) is 10.9. The molecule has 0 aliphatic carbocycles. The minimum absolute atomic E-state index is 0.0478. The van der Waals surface area contributed by atoms with Crippen molar-refractivity contribution in [2.24, 2.45) is 11.8 Å². The summed E-state index contributed by atoms with van der Waals surface area (Å²) < 4.78 is 10.7. The Labute approximate surface area is 189 Å². The van der Waals surface area contributed by atoms with Crippen molar-refractivity contribution in [3.63, 3.8) is 0 Å². The number of hydrogen-bond donors (Lipinski definition) is 3. The molecular weight excluding hydrogens is 426 g/mol. The second-order valence-electron chi connectivity index (χ2n) is 9.18. The second-order valence-corrected chi connectivity index (χ2v) is 9.18. The van der Waals surface area contributed by atoms with Gasteiger partial charge in [0.05, 0.1) is 24.5 Å². The lowest BCUT2D eigenvalue weighted by Crippen LogP contribution is -2.54. The summed E-state index contributed by atoms with van der Waals surface area (Å²) >= 11 is 0. The van der Waals surface area contributed by atoms with E-state index in [1.165, 1.54) is 4.90 Å². The van der Waals surface area contributed by atoms with E-state index in [1.807, 2.05) is 19.1 Å². The van der Waals surface area contributed by atoms with Gasteiger partial charge in [0.2, 0.25) is 24.5 Å². The summed E-state index contributed by atoms with van der Waals surface area (Å²) in [5.41, 5.74) is 1.47. The summed E-state index contributed by atoms with van der Waals surface area (Å²) in [6, 6.07) is 10.1. The second kappa shape index (κ2) is 6.79. The van der Waals surface area contributed by atoms with E-state index in [1.54, 1.807) is 31.2 Å². The smallest absolute Gasteiger partial charge is 0.250 e. The lowest BCUT2D eigenvalue weighted by molar-refractivity contribution is -0.143. The van der Waals surface area contributed by atoms with Crippen LogP contribution in [-0.4, -0.2) is 46.7 Å². The molecule has 2 aromatic rings. The number of likely N-dealkylation sites (tertiary alicyclic amines) is 1. The highest BCUT2D eigenvalue weighted by Gasteiger charge is 2.71. The predicted molar refractivity (Wildman–Crippen MR) is 115 cm³/mol. The molecule has 3 N–H and O–H groups in total. The molecule has 4 heterocycles. The van der Waals surface area contributed by atoms with Gasteiger partial charge in [0, 0.05) is 17.3 Å². The number of aliphatic hydroxyl groups is 1. The number of imide groups is 1. The number of ether oxygens (including phenoxy) is 2. The van der Waals surface area contributed by atoms with Crippen molar-refractivity contribution in [1.82, 2.24) is 10.2 Å². The number of aliphatic hydroxyl groups excluding tert-OH is 1. The Hall–Kier alpha value is -3.43. The van der Waals surface area contributed by atoms with E-state index < -0.39 is 41.3 Å². The van der Waals surface area contributed by atoms with E-state index in [0.717, 1.165) is 5.56 Å². The van der Waals surface area contributed by atoms with E-state index >= 15 is 0 Å². The van der Waals surface area contributed by atoms with Gasteiger partial charge >= 0.3 is 0 Å². The summed E-state index contributed by atoms with van der Waals surface area (Å²) in [6.07, 6.45) is -0.944. The van der Waals surface area contributed by atoms with Gasteiger partial charge in [-0.1, -0.05) is 23.8 Å². The van der Waals surface area contributed by atoms with E-state index in [-0.39, 0.29) is 19.2 Å². The summed E-state index contributed by atoms with van der Waals surface area (Å²) in [5, 5.41) is 16.6. The van der Waals surface area contributed by atoms with Crippen molar-refractivity contribution >= 4 is 23.4 Å². The van der Waals surface area contributed by atoms with Crippen LogP contribution in [0.5, 0.6) is 11.5 Å². The van der Waals surface area contributed by atoms with E-state index in [4.69, 9.17) is 9.47 Å². The van der Waals surface area contributed by atoms with Crippen molar-refractivity contribution in [2.75, 3.05) is 12.1 Å². The quantitative estimate of drug-likeness (QED) is 0.599. The number of nitrogens with zero attached hydrogens (tertiary/aromatic N) is 1. The summed E-state index contributed by atoms with van der Waals surface area (Å²) in [6.45, 7) is 3.65. The normalized spacial score (nSPS) is 30.1. The first kappa shape index (κ1) is 20.2. The van der Waals surface area contributed by atoms with Gasteiger partial charge in [-0.05, 0) is 37.6 Å². The molecule has 2 aromatic carbocycles. The van der Waals surface area contributed by atoms with E-state index in [2.05, 4.69) is 10.6 Å². The number of fused-ring (bicyclic) bond motifs is 5. The van der Waals surface area contributed by atoms with Gasteiger partial charge in [0.1, 0.15) is 5.54 Å². The largest absolute Gasteiger partial charge is 0.454 e. The Bertz CT molecular complexity index is 1230. The number of anilines is 1. The van der Waals surface area contributed by atoms with Crippen molar-refractivity contribution in [3.8, 4) is 11.5 Å². The predicted octanol–water partition coefficient (Wildman–Crippen LogP) is 1.03. The standard InChI is InChI=1S/C24H23N3O6/c1-11-3-5-15-14(7-11)24(23(31)25-15)19-18(20(26-24)12(2)28)21(29)27(22(19)30)9-13-4-6-16-17(8-13)33-10-32-16/h3-8,12,18-20,26,28H,9-10H2,1-2H3,(H,25,31)/t12-,18+,19-,20+,24-/m1/s1. The molecule has 170 valence electrons. The molecule has 9 heteroatoms. The van der Waals surface area contributed by atoms with Gasteiger partial charge in [-0.15, -0.1) is 0 Å². The molecule has 0 radical (unpaired) electrons. The Kier molecular flexibility index (Phi) is 4.15. The van der Waals surface area contributed by atoms with Crippen LogP contribution in [0.2, 0.25) is 0 Å². The highest BCUT2D eigenvalue weighted by atomic mass is 16.7. The Morgan fingerprint density at radius 2 is 1.91 bits per heavy atom. The van der Waals surface area contributed by atoms with E-state index in [0.29, 0.717) is 28.3 Å². The number of hydrogen-bond acceptors (Lipinski definition) is 7. The molecule has 2 saturated heterocycles. The lowest BCUT2D eigenvalue weighted by Gasteiger charge is -2.30. The highest BCUT2D eigenvalue weighted by Crippen LogP contribution is 2.53. The van der Waals surface area contributed by atoms with Crippen LogP contribution in [0.25, 0.3) is 0 Å². The molecule has 0 unspecified atom stereocenters. The zero-order chi connectivity index (χ0) is 23.1. The molecule has 5 atom stereocenters. The van der Waals surface area contributed by atoms with Crippen molar-refractivity contribution in [3.05, 3.63) is 53.1 Å². The molecule has 4 aliphatic heterocycles. The molecular formula is C24H23N3O6. The number of benzene rings is 2. The molecule has 1 spiro atoms. The monoisotopic (exact) mass is 449 g/mol. The third kappa shape index (κ3) is 2.63. The minimum Gasteiger partial charge on any atom is -0.454 e. The van der Waals surface area contributed by atoms with Crippen LogP contribution in [0.4, 0.5) is 5.69 Å². The molecule has 4 aliphatic rings. The molecule has 3 amide bonds. The summed E-state index contributed by atoms with van der Waals surface area (Å²) in [4.78, 5) is 41.9. The van der Waals surface area contributed by atoms with Gasteiger partial charge in [-0.3, -0.25) is 24.6 Å². The maximum atomic E-state index is 13.8. The number of aryl methyl sites for hydroxylation is 1. The first-order valence-corrected chi connectivity index (χ1v) is 10.9. The number of nitrogens with one attached hydrogen (secondary N) is 2. The van der Waals surface area contributed by atoms with Crippen LogP contribution < -0.4 is 20.1 Å². The number of amides is 3. The van der Waals surface area contributed by atoms with E-state index in [9.17, 15) is 19.5 Å². The minimum atomic E-state index is -1.41. The molecule has 0 saturated carbocycles. The third-order valence-electron chi connectivity index (χ3n) is 7.19. The third-order valence-corrected chi connectivity index (χ3v) is 7.19. The number of carbonyl (C=O) groups is 3. The van der Waals surface area contributed by atoms with Gasteiger partial charge in [0.15, 0.2) is 11.5 Å². The van der Waals surface area contributed by atoms with Gasteiger partial charge < -0.3 is 19.9 Å². The molecule has 6 rings (SSSR count). The SMILES string of the molecule is Cc1ccc2c(c1)[C@]1(N[C@@H]([C@@H](C)O)[C@H]3C(=O)N(Cc4ccc5c(c4)OCO5)C(=O)[C@@H]31)C(=O)N2. The average Bonchev–Trinajstić information content (AvgIpc) is 3.51. The molecule has 33 heavy (non-hydrogen) atoms. The van der Waals surface area contributed by atoms with Crippen molar-refractivity contribution < 1.29 is 29.0 Å². The van der Waals surface area contributed by atoms with Crippen LogP contribution in [-0.2, 0) is 26.5 Å². The van der Waals surface area contributed by atoms with Crippen LogP contribution in [0.1, 0.15) is 23.6 Å². The Balaban J connectivity index is 1.42. The number of rotatable bonds is 3. The Morgan fingerprint density at radius 1 is 1.12 bits per heavy atom.